The normalized spacial score (nSPS) is 24.8. The molecule has 1 fully saturated rings. The molecule has 108 valence electrons. The number of aromatic nitrogens is 3. The molecule has 2 rings (SSSR count). The Bertz CT molecular complexity index is 379. The van der Waals surface area contributed by atoms with Gasteiger partial charge in [-0.1, -0.05) is 19.1 Å². The third-order valence-corrected chi connectivity index (χ3v) is 3.65. The average Bonchev–Trinajstić information content (AvgIpc) is 3.01. The molecule has 5 nitrogen and oxygen atoms in total. The van der Waals surface area contributed by atoms with Crippen LogP contribution in [0, 0.1) is 0 Å². The summed E-state index contributed by atoms with van der Waals surface area (Å²) in [5.74, 6) is 0. The monoisotopic (exact) mass is 266 g/mol. The fraction of sp³-hybridized carbons (Fsp3) is 0.857. The largest absolute Gasteiger partial charge is 0.373 e. The molecule has 3 unspecified atom stereocenters. The minimum Gasteiger partial charge on any atom is -0.373 e. The van der Waals surface area contributed by atoms with Crippen molar-refractivity contribution >= 4 is 0 Å². The molecule has 1 aliphatic rings. The Hall–Kier alpha value is -0.940. The number of nitrogens with one attached hydrogen (secondary N) is 1. The highest BCUT2D eigenvalue weighted by Gasteiger charge is 2.32. The van der Waals surface area contributed by atoms with Gasteiger partial charge in [-0.15, -0.1) is 5.10 Å². The zero-order valence-electron chi connectivity index (χ0n) is 12.3. The van der Waals surface area contributed by atoms with E-state index in [-0.39, 0.29) is 12.1 Å². The van der Waals surface area contributed by atoms with Gasteiger partial charge in [0, 0.05) is 6.54 Å². The van der Waals surface area contributed by atoms with Gasteiger partial charge in [0.2, 0.25) is 0 Å². The van der Waals surface area contributed by atoms with Crippen molar-refractivity contribution in [3.63, 3.8) is 0 Å². The number of rotatable bonds is 7. The van der Waals surface area contributed by atoms with Gasteiger partial charge in [-0.3, -0.25) is 0 Å². The SMILES string of the molecule is CCCNC(c1cnnn1CCC)C1CCC(C)O1. The Morgan fingerprint density at radius 2 is 2.26 bits per heavy atom. The lowest BCUT2D eigenvalue weighted by atomic mass is 10.0. The van der Waals surface area contributed by atoms with Crippen LogP contribution in [0.1, 0.15) is 58.2 Å². The van der Waals surface area contributed by atoms with Gasteiger partial charge >= 0.3 is 0 Å². The van der Waals surface area contributed by atoms with Crippen molar-refractivity contribution in [1.29, 1.82) is 0 Å². The average molecular weight is 266 g/mol. The van der Waals surface area contributed by atoms with Crippen LogP contribution in [-0.4, -0.2) is 33.7 Å². The van der Waals surface area contributed by atoms with E-state index >= 15 is 0 Å². The van der Waals surface area contributed by atoms with Gasteiger partial charge in [-0.2, -0.15) is 0 Å². The maximum atomic E-state index is 6.05. The number of ether oxygens (including phenoxy) is 1. The summed E-state index contributed by atoms with van der Waals surface area (Å²) >= 11 is 0. The van der Waals surface area contributed by atoms with Gasteiger partial charge in [-0.05, 0) is 39.2 Å². The van der Waals surface area contributed by atoms with Crippen LogP contribution >= 0.6 is 0 Å². The first-order valence-electron chi connectivity index (χ1n) is 7.53. The van der Waals surface area contributed by atoms with Crippen molar-refractivity contribution in [3.8, 4) is 0 Å². The predicted molar refractivity (Wildman–Crippen MR) is 74.9 cm³/mol. The van der Waals surface area contributed by atoms with E-state index in [1.54, 1.807) is 0 Å². The van der Waals surface area contributed by atoms with E-state index in [0.717, 1.165) is 44.5 Å². The molecule has 1 N–H and O–H groups in total. The summed E-state index contributed by atoms with van der Waals surface area (Å²) in [6, 6.07) is 0.214. The van der Waals surface area contributed by atoms with Crippen LogP contribution in [0.5, 0.6) is 0 Å². The topological polar surface area (TPSA) is 52.0 Å². The molecule has 1 saturated heterocycles. The smallest absolute Gasteiger partial charge is 0.0790 e. The van der Waals surface area contributed by atoms with Crippen LogP contribution in [0.4, 0.5) is 0 Å². The molecule has 0 aliphatic carbocycles. The molecule has 1 aromatic rings. The van der Waals surface area contributed by atoms with Gasteiger partial charge in [-0.25, -0.2) is 4.68 Å². The standard InChI is InChI=1S/C14H26N4O/c1-4-8-15-14(13-7-6-11(3)19-13)12-10-16-17-18(12)9-5-2/h10-11,13-15H,4-9H2,1-3H3. The van der Waals surface area contributed by atoms with Gasteiger partial charge in [0.1, 0.15) is 0 Å². The van der Waals surface area contributed by atoms with Gasteiger partial charge in [0.05, 0.1) is 30.1 Å². The Balaban J connectivity index is 2.13. The molecule has 0 radical (unpaired) electrons. The molecule has 1 aliphatic heterocycles. The summed E-state index contributed by atoms with van der Waals surface area (Å²) in [6.07, 6.45) is 6.94. The lowest BCUT2D eigenvalue weighted by molar-refractivity contribution is 0.0296. The van der Waals surface area contributed by atoms with E-state index in [4.69, 9.17) is 4.74 Å². The van der Waals surface area contributed by atoms with Gasteiger partial charge < -0.3 is 10.1 Å². The molecular formula is C14H26N4O. The van der Waals surface area contributed by atoms with Crippen LogP contribution < -0.4 is 5.32 Å². The summed E-state index contributed by atoms with van der Waals surface area (Å²) in [6.45, 7) is 8.41. The number of hydrogen-bond donors (Lipinski definition) is 1. The summed E-state index contributed by atoms with van der Waals surface area (Å²) in [5, 5.41) is 11.9. The van der Waals surface area contributed by atoms with Crippen LogP contribution in [-0.2, 0) is 11.3 Å². The van der Waals surface area contributed by atoms with Crippen molar-refractivity contribution in [2.45, 2.75) is 71.2 Å². The van der Waals surface area contributed by atoms with E-state index in [1.165, 1.54) is 0 Å². The maximum Gasteiger partial charge on any atom is 0.0790 e. The highest BCUT2D eigenvalue weighted by molar-refractivity contribution is 5.06. The zero-order valence-corrected chi connectivity index (χ0v) is 12.3. The fourth-order valence-corrected chi connectivity index (χ4v) is 2.70. The first kappa shape index (κ1) is 14.5. The third kappa shape index (κ3) is 3.54. The minimum absolute atomic E-state index is 0.214. The zero-order chi connectivity index (χ0) is 13.7. The summed E-state index contributed by atoms with van der Waals surface area (Å²) < 4.78 is 8.06. The molecule has 19 heavy (non-hydrogen) atoms. The Labute approximate surface area is 115 Å². The van der Waals surface area contributed by atoms with Crippen molar-refractivity contribution < 1.29 is 4.74 Å². The molecular weight excluding hydrogens is 240 g/mol. The first-order chi connectivity index (χ1) is 9.26. The molecule has 5 heteroatoms. The van der Waals surface area contributed by atoms with Crippen molar-refractivity contribution in [2.75, 3.05) is 6.54 Å². The predicted octanol–water partition coefficient (Wildman–Crippen LogP) is 2.30. The van der Waals surface area contributed by atoms with Crippen molar-refractivity contribution in [2.24, 2.45) is 0 Å². The third-order valence-electron chi connectivity index (χ3n) is 3.65. The molecule has 2 heterocycles. The lowest BCUT2D eigenvalue weighted by Gasteiger charge is -2.25. The second-order valence-electron chi connectivity index (χ2n) is 5.38. The molecule has 1 aromatic heterocycles. The summed E-state index contributed by atoms with van der Waals surface area (Å²) in [7, 11) is 0. The van der Waals surface area contributed by atoms with E-state index < -0.39 is 0 Å². The summed E-state index contributed by atoms with van der Waals surface area (Å²) in [4.78, 5) is 0. The number of nitrogens with zero attached hydrogens (tertiary/aromatic N) is 3. The lowest BCUT2D eigenvalue weighted by Crippen LogP contribution is -2.34. The molecule has 0 spiro atoms. The molecule has 0 amide bonds. The van der Waals surface area contributed by atoms with Crippen LogP contribution in [0.25, 0.3) is 0 Å². The molecule has 0 saturated carbocycles. The maximum absolute atomic E-state index is 6.05. The van der Waals surface area contributed by atoms with E-state index in [1.807, 2.05) is 10.9 Å². The summed E-state index contributed by atoms with van der Waals surface area (Å²) in [5.41, 5.74) is 1.16. The van der Waals surface area contributed by atoms with Gasteiger partial charge in [0.25, 0.3) is 0 Å². The van der Waals surface area contributed by atoms with Crippen molar-refractivity contribution in [3.05, 3.63) is 11.9 Å². The van der Waals surface area contributed by atoms with E-state index in [9.17, 15) is 0 Å². The Morgan fingerprint density at radius 1 is 1.42 bits per heavy atom. The first-order valence-corrected chi connectivity index (χ1v) is 7.53. The van der Waals surface area contributed by atoms with Crippen LogP contribution in [0.3, 0.4) is 0 Å². The number of aryl methyl sites for hydroxylation is 1. The fourth-order valence-electron chi connectivity index (χ4n) is 2.70. The second-order valence-corrected chi connectivity index (χ2v) is 5.38. The van der Waals surface area contributed by atoms with E-state index in [2.05, 4.69) is 36.4 Å². The highest BCUT2D eigenvalue weighted by atomic mass is 16.5. The Morgan fingerprint density at radius 3 is 2.89 bits per heavy atom. The van der Waals surface area contributed by atoms with Crippen LogP contribution in [0.2, 0.25) is 0 Å². The molecule has 0 aromatic carbocycles. The quantitative estimate of drug-likeness (QED) is 0.822. The highest BCUT2D eigenvalue weighted by Crippen LogP contribution is 2.29. The Kier molecular flexibility index (Phi) is 5.34. The second kappa shape index (κ2) is 7.01. The molecule has 0 bridgehead atoms. The molecule has 3 atom stereocenters. The van der Waals surface area contributed by atoms with Crippen molar-refractivity contribution in [1.82, 2.24) is 20.3 Å². The van der Waals surface area contributed by atoms with Gasteiger partial charge in [0.15, 0.2) is 0 Å². The minimum atomic E-state index is 0.214. The van der Waals surface area contributed by atoms with Crippen LogP contribution in [0.15, 0.2) is 6.20 Å². The number of hydrogen-bond acceptors (Lipinski definition) is 4. The van der Waals surface area contributed by atoms with E-state index in [0.29, 0.717) is 6.10 Å².